The number of rotatable bonds is 1. The van der Waals surface area contributed by atoms with Crippen LogP contribution in [0.3, 0.4) is 0 Å². The van der Waals surface area contributed by atoms with Gasteiger partial charge in [0.15, 0.2) is 0 Å². The minimum absolute atomic E-state index is 0.598. The van der Waals surface area contributed by atoms with Crippen molar-refractivity contribution < 1.29 is 13.2 Å². The van der Waals surface area contributed by atoms with Crippen LogP contribution in [0.2, 0.25) is 0 Å². The van der Waals surface area contributed by atoms with Gasteiger partial charge in [-0.15, -0.1) is 0 Å². The summed E-state index contributed by atoms with van der Waals surface area (Å²) >= 11 is 0. The molecule has 0 saturated carbocycles. The summed E-state index contributed by atoms with van der Waals surface area (Å²) < 4.78 is 36.2. The van der Waals surface area contributed by atoms with E-state index in [0.717, 1.165) is 5.57 Å². The number of nitrogens with zero attached hydrogens (tertiary/aromatic N) is 2. The molecule has 2 nitrogen and oxygen atoms in total. The Bertz CT molecular complexity index is 338. The maximum atomic E-state index is 12.1. The van der Waals surface area contributed by atoms with E-state index in [1.165, 1.54) is 12.4 Å². The molecule has 0 aromatic carbocycles. The van der Waals surface area contributed by atoms with Crippen LogP contribution in [0, 0.1) is 0 Å². The lowest BCUT2D eigenvalue weighted by molar-refractivity contribution is -0.145. The molecular formula is C9H9F3N2. The summed E-state index contributed by atoms with van der Waals surface area (Å²) in [6.07, 6.45) is -0.343. The second kappa shape index (κ2) is 3.77. The Morgan fingerprint density at radius 2 is 1.79 bits per heavy atom. The van der Waals surface area contributed by atoms with Crippen molar-refractivity contribution >= 4 is 5.57 Å². The molecule has 0 N–H and O–H groups in total. The van der Waals surface area contributed by atoms with Crippen LogP contribution in [-0.2, 0) is 6.18 Å². The van der Waals surface area contributed by atoms with Gasteiger partial charge in [-0.2, -0.15) is 13.2 Å². The van der Waals surface area contributed by atoms with Crippen LogP contribution in [-0.4, -0.2) is 9.97 Å². The first-order valence-corrected chi connectivity index (χ1v) is 3.97. The molecular weight excluding hydrogens is 193 g/mol. The van der Waals surface area contributed by atoms with Gasteiger partial charge in [-0.05, 0) is 19.4 Å². The summed E-state index contributed by atoms with van der Waals surface area (Å²) in [5.74, 6) is -1.11. The zero-order valence-corrected chi connectivity index (χ0v) is 7.76. The molecule has 76 valence electrons. The van der Waals surface area contributed by atoms with E-state index >= 15 is 0 Å². The van der Waals surface area contributed by atoms with Gasteiger partial charge in [0.1, 0.15) is 0 Å². The highest BCUT2D eigenvalue weighted by Gasteiger charge is 2.34. The number of halogens is 3. The third kappa shape index (κ3) is 2.31. The topological polar surface area (TPSA) is 25.8 Å². The van der Waals surface area contributed by atoms with E-state index in [-0.39, 0.29) is 0 Å². The van der Waals surface area contributed by atoms with E-state index in [0.29, 0.717) is 5.56 Å². The summed E-state index contributed by atoms with van der Waals surface area (Å²) in [5.41, 5.74) is 1.44. The fourth-order valence-corrected chi connectivity index (χ4v) is 0.845. The van der Waals surface area contributed by atoms with E-state index in [1.54, 1.807) is 19.9 Å². The number of hydrogen-bond donors (Lipinski definition) is 0. The quantitative estimate of drug-likeness (QED) is 0.699. The third-order valence-electron chi connectivity index (χ3n) is 1.79. The van der Waals surface area contributed by atoms with Crippen molar-refractivity contribution in [1.82, 2.24) is 9.97 Å². The summed E-state index contributed by atoms with van der Waals surface area (Å²) in [5, 5.41) is 0. The largest absolute Gasteiger partial charge is 0.451 e. The van der Waals surface area contributed by atoms with Crippen LogP contribution < -0.4 is 0 Å². The molecule has 0 saturated heterocycles. The van der Waals surface area contributed by atoms with Crippen LogP contribution in [0.5, 0.6) is 0 Å². The lowest BCUT2D eigenvalue weighted by Crippen LogP contribution is -2.10. The summed E-state index contributed by atoms with van der Waals surface area (Å²) in [6, 6.07) is 0. The second-order valence-electron chi connectivity index (χ2n) is 2.76. The summed E-state index contributed by atoms with van der Waals surface area (Å²) in [6.45, 7) is 3.58. The lowest BCUT2D eigenvalue weighted by atomic mass is 10.1. The Morgan fingerprint density at radius 1 is 1.29 bits per heavy atom. The van der Waals surface area contributed by atoms with Crippen molar-refractivity contribution in [1.29, 1.82) is 0 Å². The minimum Gasteiger partial charge on any atom is -0.232 e. The fourth-order valence-electron chi connectivity index (χ4n) is 0.845. The predicted molar refractivity (Wildman–Crippen MR) is 46.4 cm³/mol. The Hall–Kier alpha value is -1.39. The maximum absolute atomic E-state index is 12.1. The highest BCUT2D eigenvalue weighted by Crippen LogP contribution is 2.25. The van der Waals surface area contributed by atoms with Crippen molar-refractivity contribution in [2.75, 3.05) is 0 Å². The standard InChI is InChI=1S/C9H9F3N2/c1-3-6(2)7-4-13-8(14-5-7)9(10,11)12/h3-5H,1-2H3. The molecule has 0 bridgehead atoms. The molecule has 0 aliphatic rings. The third-order valence-corrected chi connectivity index (χ3v) is 1.79. The molecule has 14 heavy (non-hydrogen) atoms. The van der Waals surface area contributed by atoms with Crippen LogP contribution in [0.25, 0.3) is 5.57 Å². The lowest BCUT2D eigenvalue weighted by Gasteiger charge is -2.05. The molecule has 0 atom stereocenters. The average Bonchev–Trinajstić information content (AvgIpc) is 2.15. The maximum Gasteiger partial charge on any atom is 0.451 e. The van der Waals surface area contributed by atoms with Gasteiger partial charge >= 0.3 is 6.18 Å². The molecule has 0 spiro atoms. The van der Waals surface area contributed by atoms with Gasteiger partial charge < -0.3 is 0 Å². The highest BCUT2D eigenvalue weighted by molar-refractivity contribution is 5.61. The summed E-state index contributed by atoms with van der Waals surface area (Å²) in [7, 11) is 0. The molecule has 0 radical (unpaired) electrons. The van der Waals surface area contributed by atoms with Crippen LogP contribution in [0.15, 0.2) is 18.5 Å². The Balaban J connectivity index is 3.01. The Morgan fingerprint density at radius 3 is 2.14 bits per heavy atom. The molecule has 1 rings (SSSR count). The second-order valence-corrected chi connectivity index (χ2v) is 2.76. The van der Waals surface area contributed by atoms with E-state index in [4.69, 9.17) is 0 Å². The zero-order chi connectivity index (χ0) is 10.8. The number of hydrogen-bond acceptors (Lipinski definition) is 2. The van der Waals surface area contributed by atoms with Gasteiger partial charge in [-0.25, -0.2) is 9.97 Å². The van der Waals surface area contributed by atoms with Crippen molar-refractivity contribution in [3.8, 4) is 0 Å². The van der Waals surface area contributed by atoms with Gasteiger partial charge in [-0.3, -0.25) is 0 Å². The highest BCUT2D eigenvalue weighted by atomic mass is 19.4. The molecule has 0 aliphatic heterocycles. The van der Waals surface area contributed by atoms with Crippen LogP contribution in [0.4, 0.5) is 13.2 Å². The van der Waals surface area contributed by atoms with Crippen molar-refractivity contribution in [3.05, 3.63) is 29.9 Å². The van der Waals surface area contributed by atoms with E-state index < -0.39 is 12.0 Å². The molecule has 1 heterocycles. The van der Waals surface area contributed by atoms with Gasteiger partial charge in [0, 0.05) is 18.0 Å². The fraction of sp³-hybridized carbons (Fsp3) is 0.333. The molecule has 1 aromatic rings. The number of aromatic nitrogens is 2. The van der Waals surface area contributed by atoms with E-state index in [9.17, 15) is 13.2 Å². The Kier molecular flexibility index (Phi) is 2.88. The SMILES string of the molecule is CC=C(C)c1cnc(C(F)(F)F)nc1. The molecule has 5 heteroatoms. The van der Waals surface area contributed by atoms with Crippen LogP contribution in [0.1, 0.15) is 25.2 Å². The molecule has 0 amide bonds. The van der Waals surface area contributed by atoms with Crippen molar-refractivity contribution in [2.24, 2.45) is 0 Å². The first-order valence-electron chi connectivity index (χ1n) is 3.97. The van der Waals surface area contributed by atoms with Gasteiger partial charge in [-0.1, -0.05) is 6.08 Å². The van der Waals surface area contributed by atoms with Crippen molar-refractivity contribution in [3.63, 3.8) is 0 Å². The molecule has 0 unspecified atom stereocenters. The van der Waals surface area contributed by atoms with Crippen molar-refractivity contribution in [2.45, 2.75) is 20.0 Å². The van der Waals surface area contributed by atoms with Crippen LogP contribution >= 0.6 is 0 Å². The monoisotopic (exact) mass is 202 g/mol. The Labute approximate surface area is 79.5 Å². The van der Waals surface area contributed by atoms with Gasteiger partial charge in [0.2, 0.25) is 5.82 Å². The first-order chi connectivity index (χ1) is 6.45. The van der Waals surface area contributed by atoms with Gasteiger partial charge in [0.25, 0.3) is 0 Å². The molecule has 0 aliphatic carbocycles. The first kappa shape index (κ1) is 10.7. The zero-order valence-electron chi connectivity index (χ0n) is 7.76. The van der Waals surface area contributed by atoms with E-state index in [1.807, 2.05) is 0 Å². The number of alkyl halides is 3. The normalized spacial score (nSPS) is 13.1. The summed E-state index contributed by atoms with van der Waals surface area (Å²) in [4.78, 5) is 6.48. The van der Waals surface area contributed by atoms with E-state index in [2.05, 4.69) is 9.97 Å². The number of allylic oxidation sites excluding steroid dienone is 2. The minimum atomic E-state index is -4.47. The molecule has 0 fully saturated rings. The molecule has 1 aromatic heterocycles. The predicted octanol–water partition coefficient (Wildman–Crippen LogP) is 2.92. The smallest absolute Gasteiger partial charge is 0.232 e. The average molecular weight is 202 g/mol. The van der Waals surface area contributed by atoms with Gasteiger partial charge in [0.05, 0.1) is 0 Å².